The van der Waals surface area contributed by atoms with E-state index in [4.69, 9.17) is 5.73 Å². The molecule has 0 aliphatic rings. The number of rotatable bonds is 2. The van der Waals surface area contributed by atoms with Crippen molar-refractivity contribution in [2.24, 2.45) is 0 Å². The summed E-state index contributed by atoms with van der Waals surface area (Å²) in [7, 11) is -3.34. The third-order valence-corrected chi connectivity index (χ3v) is 4.20. The predicted octanol–water partition coefficient (Wildman–Crippen LogP) is 1.60. The number of sulfone groups is 1. The fourth-order valence-corrected chi connectivity index (χ4v) is 2.40. The molecule has 5 nitrogen and oxygen atoms in total. The van der Waals surface area contributed by atoms with Crippen LogP contribution in [0.4, 0.5) is 10.1 Å². The Morgan fingerprint density at radius 1 is 1.44 bits per heavy atom. The number of aromatic nitrogens is 2. The highest BCUT2D eigenvalue weighted by Crippen LogP contribution is 2.23. The number of benzene rings is 1. The van der Waals surface area contributed by atoms with Gasteiger partial charge in [0.05, 0.1) is 21.1 Å². The molecule has 0 radical (unpaired) electrons. The maximum absolute atomic E-state index is 13.5. The summed E-state index contributed by atoms with van der Waals surface area (Å²) in [6, 6.07) is 2.68. The monoisotopic (exact) mass is 381 g/mol. The molecule has 8 heteroatoms. The Morgan fingerprint density at radius 2 is 2.11 bits per heavy atom. The Bertz CT molecular complexity index is 712. The number of nitrogens with zero attached hydrogens (tertiary/aromatic N) is 2. The fourth-order valence-electron chi connectivity index (χ4n) is 1.38. The maximum Gasteiger partial charge on any atom is 0.178 e. The van der Waals surface area contributed by atoms with Gasteiger partial charge in [0.25, 0.3) is 0 Å². The number of hydrogen-bond acceptors (Lipinski definition) is 4. The van der Waals surface area contributed by atoms with E-state index < -0.39 is 15.7 Å². The van der Waals surface area contributed by atoms with Crippen LogP contribution in [0.1, 0.15) is 0 Å². The number of halogens is 2. The fraction of sp³-hybridized carbons (Fsp3) is 0.100. The lowest BCUT2D eigenvalue weighted by atomic mass is 10.2. The highest BCUT2D eigenvalue weighted by Gasteiger charge is 2.13. The summed E-state index contributed by atoms with van der Waals surface area (Å²) in [6.07, 6.45) is 3.57. The van der Waals surface area contributed by atoms with E-state index in [0.29, 0.717) is 14.9 Å². The van der Waals surface area contributed by atoms with E-state index in [9.17, 15) is 12.8 Å². The third kappa shape index (κ3) is 2.48. The van der Waals surface area contributed by atoms with Crippen LogP contribution in [0.5, 0.6) is 0 Å². The molecule has 2 N–H and O–H groups in total. The average molecular weight is 381 g/mol. The first-order chi connectivity index (χ1) is 8.29. The summed E-state index contributed by atoms with van der Waals surface area (Å²) in [5.41, 5.74) is 6.39. The maximum atomic E-state index is 13.5. The average Bonchev–Trinajstić information content (AvgIpc) is 2.72. The molecule has 0 aliphatic carbocycles. The lowest BCUT2D eigenvalue weighted by Crippen LogP contribution is -2.02. The lowest BCUT2D eigenvalue weighted by Gasteiger charge is -2.06. The van der Waals surface area contributed by atoms with Crippen LogP contribution in [-0.2, 0) is 9.84 Å². The van der Waals surface area contributed by atoms with Gasteiger partial charge in [-0.25, -0.2) is 17.5 Å². The minimum atomic E-state index is -3.34. The van der Waals surface area contributed by atoms with Gasteiger partial charge in [0, 0.05) is 18.5 Å². The third-order valence-electron chi connectivity index (χ3n) is 2.30. The number of hydrogen-bond donors (Lipinski definition) is 1. The van der Waals surface area contributed by atoms with Gasteiger partial charge in [-0.1, -0.05) is 0 Å². The molecule has 0 atom stereocenters. The van der Waals surface area contributed by atoms with Gasteiger partial charge < -0.3 is 5.73 Å². The van der Waals surface area contributed by atoms with E-state index in [1.165, 1.54) is 29.2 Å². The summed E-state index contributed by atoms with van der Waals surface area (Å²) in [6.45, 7) is 0. The van der Waals surface area contributed by atoms with Crippen molar-refractivity contribution in [3.63, 3.8) is 0 Å². The van der Waals surface area contributed by atoms with Crippen molar-refractivity contribution in [1.82, 2.24) is 9.78 Å². The Morgan fingerprint density at radius 3 is 2.67 bits per heavy atom. The largest absolute Gasteiger partial charge is 0.397 e. The zero-order chi connectivity index (χ0) is 13.5. The molecule has 1 aromatic carbocycles. The molecular formula is C10H9FIN3O2S. The molecule has 0 spiro atoms. The quantitative estimate of drug-likeness (QED) is 0.633. The van der Waals surface area contributed by atoms with Crippen LogP contribution in [0.15, 0.2) is 29.4 Å². The zero-order valence-corrected chi connectivity index (χ0v) is 12.2. The molecule has 0 unspecified atom stereocenters. The molecule has 0 saturated heterocycles. The molecule has 2 rings (SSSR count). The molecule has 18 heavy (non-hydrogen) atoms. The highest BCUT2D eigenvalue weighted by atomic mass is 127. The summed E-state index contributed by atoms with van der Waals surface area (Å²) in [4.78, 5) is 0.0564. The second kappa shape index (κ2) is 4.50. The highest BCUT2D eigenvalue weighted by molar-refractivity contribution is 14.1. The number of nitrogens with two attached hydrogens (primary N) is 1. The van der Waals surface area contributed by atoms with Crippen LogP contribution < -0.4 is 5.73 Å². The van der Waals surface area contributed by atoms with Gasteiger partial charge in [0.2, 0.25) is 0 Å². The molecule has 96 valence electrons. The van der Waals surface area contributed by atoms with Gasteiger partial charge in [-0.2, -0.15) is 5.10 Å². The zero-order valence-electron chi connectivity index (χ0n) is 9.26. The number of nitrogen functional groups attached to an aromatic ring is 1. The first-order valence-electron chi connectivity index (χ1n) is 4.78. The topological polar surface area (TPSA) is 78.0 Å². The molecule has 2 aromatic rings. The van der Waals surface area contributed by atoms with Crippen LogP contribution >= 0.6 is 22.6 Å². The minimum Gasteiger partial charge on any atom is -0.397 e. The van der Waals surface area contributed by atoms with E-state index in [2.05, 4.69) is 5.10 Å². The van der Waals surface area contributed by atoms with Gasteiger partial charge in [-0.15, -0.1) is 0 Å². The van der Waals surface area contributed by atoms with Gasteiger partial charge in [-0.3, -0.25) is 0 Å². The molecule has 0 amide bonds. The molecule has 0 saturated carbocycles. The standard InChI is InChI=1S/C10H9FIN3O2S/c1-18(16,17)6-4-14-15(5-6)10-2-7(11)8(12)3-9(10)13/h2-5H,13H2,1H3. The Labute approximate surface area is 117 Å². The van der Waals surface area contributed by atoms with Crippen molar-refractivity contribution in [1.29, 1.82) is 0 Å². The van der Waals surface area contributed by atoms with E-state index in [1.54, 1.807) is 0 Å². The summed E-state index contributed by atoms with van der Waals surface area (Å²) >= 11 is 1.82. The first-order valence-corrected chi connectivity index (χ1v) is 7.75. The molecule has 1 aromatic heterocycles. The van der Waals surface area contributed by atoms with Gasteiger partial charge in [0.1, 0.15) is 10.7 Å². The van der Waals surface area contributed by atoms with Crippen molar-refractivity contribution in [2.75, 3.05) is 12.0 Å². The summed E-state index contributed by atoms with van der Waals surface area (Å²) in [5.74, 6) is -0.434. The molecule has 0 fully saturated rings. The summed E-state index contributed by atoms with van der Waals surface area (Å²) in [5, 5.41) is 3.87. The first kappa shape index (κ1) is 13.3. The van der Waals surface area contributed by atoms with Crippen molar-refractivity contribution < 1.29 is 12.8 Å². The van der Waals surface area contributed by atoms with Crippen LogP contribution in [0.2, 0.25) is 0 Å². The van der Waals surface area contributed by atoms with E-state index in [1.807, 2.05) is 22.6 Å². The van der Waals surface area contributed by atoms with E-state index in [0.717, 1.165) is 6.26 Å². The lowest BCUT2D eigenvalue weighted by molar-refractivity contribution is 0.602. The smallest absolute Gasteiger partial charge is 0.178 e. The van der Waals surface area contributed by atoms with Crippen LogP contribution in [-0.4, -0.2) is 24.5 Å². The Hall–Kier alpha value is -1.16. The van der Waals surface area contributed by atoms with E-state index in [-0.39, 0.29) is 4.90 Å². The number of anilines is 1. The second-order valence-corrected chi connectivity index (χ2v) is 6.90. The van der Waals surface area contributed by atoms with Gasteiger partial charge in [0.15, 0.2) is 9.84 Å². The van der Waals surface area contributed by atoms with Crippen molar-refractivity contribution >= 4 is 38.1 Å². The second-order valence-electron chi connectivity index (χ2n) is 3.72. The Kier molecular flexibility index (Phi) is 3.32. The predicted molar refractivity (Wildman–Crippen MR) is 73.8 cm³/mol. The normalized spacial score (nSPS) is 11.7. The van der Waals surface area contributed by atoms with Crippen molar-refractivity contribution in [3.8, 4) is 5.69 Å². The van der Waals surface area contributed by atoms with Crippen LogP contribution in [0.25, 0.3) is 5.69 Å². The minimum absolute atomic E-state index is 0.0564. The van der Waals surface area contributed by atoms with Gasteiger partial charge in [-0.05, 0) is 28.7 Å². The van der Waals surface area contributed by atoms with Crippen LogP contribution in [0, 0.1) is 9.39 Å². The molecule has 0 aliphatic heterocycles. The summed E-state index contributed by atoms with van der Waals surface area (Å²) < 4.78 is 37.7. The molecular weight excluding hydrogens is 372 g/mol. The van der Waals surface area contributed by atoms with Crippen LogP contribution in [0.3, 0.4) is 0 Å². The van der Waals surface area contributed by atoms with Gasteiger partial charge >= 0.3 is 0 Å². The van der Waals surface area contributed by atoms with E-state index >= 15 is 0 Å². The SMILES string of the molecule is CS(=O)(=O)c1cnn(-c2cc(F)c(I)cc2N)c1. The molecule has 1 heterocycles. The Balaban J connectivity index is 2.56. The van der Waals surface area contributed by atoms with Crippen molar-refractivity contribution in [2.45, 2.75) is 4.90 Å². The molecule has 0 bridgehead atoms. The van der Waals surface area contributed by atoms with Crippen molar-refractivity contribution in [3.05, 3.63) is 33.9 Å².